The Bertz CT molecular complexity index is 382. The van der Waals surface area contributed by atoms with Crippen molar-refractivity contribution in [2.24, 2.45) is 11.3 Å². The molecule has 0 aliphatic heterocycles. The predicted octanol–water partition coefficient (Wildman–Crippen LogP) is 2.08. The molecule has 1 rings (SSSR count). The summed E-state index contributed by atoms with van der Waals surface area (Å²) >= 11 is 0. The second kappa shape index (κ2) is 5.17. The normalized spacial score (nSPS) is 11.6. The predicted molar refractivity (Wildman–Crippen MR) is 69.6 cm³/mol. The summed E-state index contributed by atoms with van der Waals surface area (Å²) < 4.78 is 0. The average molecular weight is 235 g/mol. The van der Waals surface area contributed by atoms with Gasteiger partial charge in [0.2, 0.25) is 0 Å². The maximum absolute atomic E-state index is 11.8. The molecular formula is C13H21N3O. The van der Waals surface area contributed by atoms with Crippen molar-refractivity contribution in [1.82, 2.24) is 10.3 Å². The van der Waals surface area contributed by atoms with Gasteiger partial charge in [-0.1, -0.05) is 27.7 Å². The van der Waals surface area contributed by atoms with E-state index in [-0.39, 0.29) is 11.3 Å². The Hall–Kier alpha value is -1.58. The molecular weight excluding hydrogens is 214 g/mol. The Balaban J connectivity index is 2.59. The van der Waals surface area contributed by atoms with Crippen LogP contribution in [-0.4, -0.2) is 17.4 Å². The number of carbonyl (C=O) groups excluding carboxylic acids is 1. The average Bonchev–Trinajstić information content (AvgIpc) is 2.27. The van der Waals surface area contributed by atoms with E-state index < -0.39 is 0 Å². The molecule has 0 saturated carbocycles. The number of amides is 1. The minimum atomic E-state index is -0.105. The number of nitrogens with one attached hydrogen (secondary N) is 1. The first-order valence-corrected chi connectivity index (χ1v) is 5.82. The van der Waals surface area contributed by atoms with E-state index in [1.807, 2.05) is 0 Å². The number of anilines is 1. The lowest BCUT2D eigenvalue weighted by Gasteiger charge is -2.29. The van der Waals surface area contributed by atoms with Crippen molar-refractivity contribution < 1.29 is 4.79 Å². The van der Waals surface area contributed by atoms with Gasteiger partial charge in [0.05, 0.1) is 5.56 Å². The van der Waals surface area contributed by atoms with Crippen LogP contribution in [0.15, 0.2) is 18.3 Å². The number of hydrogen-bond donors (Lipinski definition) is 2. The molecule has 17 heavy (non-hydrogen) atoms. The molecule has 0 radical (unpaired) electrons. The van der Waals surface area contributed by atoms with Crippen LogP contribution < -0.4 is 11.1 Å². The summed E-state index contributed by atoms with van der Waals surface area (Å²) in [5.74, 6) is 0.822. The Kier molecular flexibility index (Phi) is 4.10. The lowest BCUT2D eigenvalue weighted by molar-refractivity contribution is 0.0924. The van der Waals surface area contributed by atoms with E-state index in [2.05, 4.69) is 38.0 Å². The Morgan fingerprint density at radius 2 is 2.12 bits per heavy atom. The van der Waals surface area contributed by atoms with E-state index in [1.54, 1.807) is 12.1 Å². The number of rotatable bonds is 4. The smallest absolute Gasteiger partial charge is 0.252 e. The summed E-state index contributed by atoms with van der Waals surface area (Å²) in [5, 5.41) is 2.92. The van der Waals surface area contributed by atoms with Crippen molar-refractivity contribution in [2.45, 2.75) is 27.7 Å². The van der Waals surface area contributed by atoms with Crippen molar-refractivity contribution in [2.75, 3.05) is 12.3 Å². The summed E-state index contributed by atoms with van der Waals surface area (Å²) in [6.07, 6.45) is 1.49. The van der Waals surface area contributed by atoms with Crippen molar-refractivity contribution in [1.29, 1.82) is 0 Å². The standard InChI is InChI=1S/C13H21N3O/c1-9(2)13(3,4)8-16-12(17)10-5-6-11(14)15-7-10/h5-7,9H,8H2,1-4H3,(H2,14,15)(H,16,17). The molecule has 0 spiro atoms. The van der Waals surface area contributed by atoms with Gasteiger partial charge in [-0.15, -0.1) is 0 Å². The number of nitrogen functional groups attached to an aromatic ring is 1. The molecule has 0 bridgehead atoms. The zero-order valence-electron chi connectivity index (χ0n) is 10.9. The molecule has 0 unspecified atom stereocenters. The highest BCUT2D eigenvalue weighted by molar-refractivity contribution is 5.94. The van der Waals surface area contributed by atoms with Gasteiger partial charge in [-0.3, -0.25) is 4.79 Å². The largest absolute Gasteiger partial charge is 0.384 e. The summed E-state index contributed by atoms with van der Waals surface area (Å²) in [5.41, 5.74) is 6.09. The van der Waals surface area contributed by atoms with Gasteiger partial charge in [0, 0.05) is 12.7 Å². The second-order valence-electron chi connectivity index (χ2n) is 5.30. The zero-order chi connectivity index (χ0) is 13.1. The zero-order valence-corrected chi connectivity index (χ0v) is 10.9. The molecule has 0 aromatic carbocycles. The van der Waals surface area contributed by atoms with Crippen LogP contribution >= 0.6 is 0 Å². The third-order valence-corrected chi connectivity index (χ3v) is 3.32. The first-order valence-electron chi connectivity index (χ1n) is 5.82. The van der Waals surface area contributed by atoms with Gasteiger partial charge in [0.25, 0.3) is 5.91 Å². The number of pyridine rings is 1. The van der Waals surface area contributed by atoms with Gasteiger partial charge in [0.1, 0.15) is 5.82 Å². The van der Waals surface area contributed by atoms with Gasteiger partial charge < -0.3 is 11.1 Å². The summed E-state index contributed by atoms with van der Waals surface area (Å²) in [7, 11) is 0. The second-order valence-corrected chi connectivity index (χ2v) is 5.30. The molecule has 0 saturated heterocycles. The van der Waals surface area contributed by atoms with Gasteiger partial charge >= 0.3 is 0 Å². The molecule has 3 N–H and O–H groups in total. The molecule has 1 heterocycles. The highest BCUT2D eigenvalue weighted by Gasteiger charge is 2.23. The minimum Gasteiger partial charge on any atom is -0.384 e. The number of nitrogens with two attached hydrogens (primary N) is 1. The van der Waals surface area contributed by atoms with Crippen LogP contribution in [0.1, 0.15) is 38.1 Å². The maximum atomic E-state index is 11.8. The summed E-state index contributed by atoms with van der Waals surface area (Å²) in [4.78, 5) is 15.7. The lowest BCUT2D eigenvalue weighted by atomic mass is 9.81. The van der Waals surface area contributed by atoms with Crippen molar-refractivity contribution in [3.05, 3.63) is 23.9 Å². The highest BCUT2D eigenvalue weighted by Crippen LogP contribution is 2.24. The SMILES string of the molecule is CC(C)C(C)(C)CNC(=O)c1ccc(N)nc1. The third-order valence-electron chi connectivity index (χ3n) is 3.32. The fourth-order valence-electron chi connectivity index (χ4n) is 1.15. The van der Waals surface area contributed by atoms with Crippen LogP contribution in [0.25, 0.3) is 0 Å². The number of hydrogen-bond acceptors (Lipinski definition) is 3. The number of carbonyl (C=O) groups is 1. The minimum absolute atomic E-state index is 0.0803. The van der Waals surface area contributed by atoms with Gasteiger partial charge in [0.15, 0.2) is 0 Å². The molecule has 94 valence electrons. The molecule has 1 amide bonds. The molecule has 0 aliphatic rings. The van der Waals surface area contributed by atoms with Gasteiger partial charge in [-0.25, -0.2) is 4.98 Å². The first kappa shape index (κ1) is 13.5. The monoisotopic (exact) mass is 235 g/mol. The van der Waals surface area contributed by atoms with Crippen LogP contribution in [-0.2, 0) is 0 Å². The van der Waals surface area contributed by atoms with Gasteiger partial charge in [-0.2, -0.15) is 0 Å². The topological polar surface area (TPSA) is 68.0 Å². The van der Waals surface area contributed by atoms with E-state index in [9.17, 15) is 4.79 Å². The number of aromatic nitrogens is 1. The molecule has 4 nitrogen and oxygen atoms in total. The van der Waals surface area contributed by atoms with E-state index in [4.69, 9.17) is 5.73 Å². The quantitative estimate of drug-likeness (QED) is 0.839. The van der Waals surface area contributed by atoms with Gasteiger partial charge in [-0.05, 0) is 23.5 Å². The fourth-order valence-corrected chi connectivity index (χ4v) is 1.15. The molecule has 0 aliphatic carbocycles. The molecule has 0 atom stereocenters. The maximum Gasteiger partial charge on any atom is 0.252 e. The Morgan fingerprint density at radius 3 is 2.59 bits per heavy atom. The van der Waals surface area contributed by atoms with Crippen molar-refractivity contribution in [3.8, 4) is 0 Å². The molecule has 0 fully saturated rings. The highest BCUT2D eigenvalue weighted by atomic mass is 16.1. The Labute approximate surface area is 103 Å². The third kappa shape index (κ3) is 3.73. The van der Waals surface area contributed by atoms with Crippen LogP contribution in [0, 0.1) is 11.3 Å². The van der Waals surface area contributed by atoms with Crippen molar-refractivity contribution >= 4 is 11.7 Å². The van der Waals surface area contributed by atoms with Crippen LogP contribution in [0.2, 0.25) is 0 Å². The van der Waals surface area contributed by atoms with E-state index in [0.717, 1.165) is 0 Å². The molecule has 4 heteroatoms. The summed E-state index contributed by atoms with van der Waals surface area (Å²) in [6.45, 7) is 9.22. The van der Waals surface area contributed by atoms with Crippen LogP contribution in [0.3, 0.4) is 0 Å². The molecule has 1 aromatic rings. The Morgan fingerprint density at radius 1 is 1.47 bits per heavy atom. The summed E-state index contributed by atoms with van der Waals surface area (Å²) in [6, 6.07) is 3.31. The van der Waals surface area contributed by atoms with E-state index >= 15 is 0 Å². The van der Waals surface area contributed by atoms with Crippen LogP contribution in [0.5, 0.6) is 0 Å². The first-order chi connectivity index (χ1) is 7.83. The fraction of sp³-hybridized carbons (Fsp3) is 0.538. The molecule has 1 aromatic heterocycles. The van der Waals surface area contributed by atoms with Crippen LogP contribution in [0.4, 0.5) is 5.82 Å². The van der Waals surface area contributed by atoms with E-state index in [0.29, 0.717) is 23.8 Å². The van der Waals surface area contributed by atoms with E-state index in [1.165, 1.54) is 6.20 Å². The lowest BCUT2D eigenvalue weighted by Crippen LogP contribution is -2.37. The number of nitrogens with zero attached hydrogens (tertiary/aromatic N) is 1. The van der Waals surface area contributed by atoms with Crippen molar-refractivity contribution in [3.63, 3.8) is 0 Å².